The summed E-state index contributed by atoms with van der Waals surface area (Å²) in [6.45, 7) is 0.451. The van der Waals surface area contributed by atoms with E-state index in [4.69, 9.17) is 28.2 Å². The molecule has 0 saturated carbocycles. The van der Waals surface area contributed by atoms with E-state index in [1.54, 1.807) is 16.9 Å². The van der Waals surface area contributed by atoms with Gasteiger partial charge in [-0.15, -0.1) is 0 Å². The first-order chi connectivity index (χ1) is 8.65. The van der Waals surface area contributed by atoms with Gasteiger partial charge in [-0.1, -0.05) is 11.6 Å². The van der Waals surface area contributed by atoms with E-state index in [2.05, 4.69) is 4.98 Å². The molecule has 18 heavy (non-hydrogen) atoms. The minimum atomic E-state index is -0.466. The van der Waals surface area contributed by atoms with Crippen LogP contribution in [0.15, 0.2) is 34.9 Å². The SMILES string of the molecule is Fc1cc2c(cc1Cl)[nH]c(=S)n2Cc1ccco1. The van der Waals surface area contributed by atoms with Gasteiger partial charge >= 0.3 is 0 Å². The summed E-state index contributed by atoms with van der Waals surface area (Å²) >= 11 is 10.9. The van der Waals surface area contributed by atoms with Gasteiger partial charge in [0.15, 0.2) is 4.77 Å². The third-order valence-electron chi connectivity index (χ3n) is 2.71. The van der Waals surface area contributed by atoms with E-state index in [0.717, 1.165) is 5.76 Å². The number of imidazole rings is 1. The summed E-state index contributed by atoms with van der Waals surface area (Å²) in [6.07, 6.45) is 1.59. The second-order valence-electron chi connectivity index (χ2n) is 3.88. The number of hydrogen-bond acceptors (Lipinski definition) is 2. The molecule has 1 N–H and O–H groups in total. The maximum atomic E-state index is 13.5. The first-order valence-corrected chi connectivity index (χ1v) is 6.04. The molecule has 0 spiro atoms. The van der Waals surface area contributed by atoms with Crippen LogP contribution in [0.5, 0.6) is 0 Å². The van der Waals surface area contributed by atoms with Gasteiger partial charge in [0.05, 0.1) is 28.9 Å². The Morgan fingerprint density at radius 1 is 1.44 bits per heavy atom. The highest BCUT2D eigenvalue weighted by Gasteiger charge is 2.10. The first kappa shape index (κ1) is 11.5. The molecule has 2 heterocycles. The second kappa shape index (κ2) is 4.26. The number of nitrogens with one attached hydrogen (secondary N) is 1. The third kappa shape index (κ3) is 1.85. The van der Waals surface area contributed by atoms with E-state index < -0.39 is 5.82 Å². The number of benzene rings is 1. The predicted octanol–water partition coefficient (Wildman–Crippen LogP) is 4.13. The molecule has 2 aromatic heterocycles. The fourth-order valence-corrected chi connectivity index (χ4v) is 2.30. The molecule has 0 unspecified atom stereocenters. The summed E-state index contributed by atoms with van der Waals surface area (Å²) in [6, 6.07) is 6.53. The van der Waals surface area contributed by atoms with Gasteiger partial charge in [0.1, 0.15) is 11.6 Å². The standard InChI is InChI=1S/C12H8ClFN2OS/c13-8-4-10-11(5-9(8)14)16(12(18)15-10)6-7-2-1-3-17-7/h1-5H,6H2,(H,15,18). The van der Waals surface area contributed by atoms with Crippen molar-refractivity contribution in [1.29, 1.82) is 0 Å². The molecule has 0 amide bonds. The van der Waals surface area contributed by atoms with Crippen LogP contribution in [-0.2, 0) is 6.54 Å². The number of halogens is 2. The van der Waals surface area contributed by atoms with Crippen molar-refractivity contribution in [3.63, 3.8) is 0 Å². The molecule has 6 heteroatoms. The van der Waals surface area contributed by atoms with Crippen LogP contribution >= 0.6 is 23.8 Å². The minimum Gasteiger partial charge on any atom is -0.467 e. The van der Waals surface area contributed by atoms with E-state index in [1.165, 1.54) is 12.1 Å². The number of aromatic nitrogens is 2. The zero-order valence-corrected chi connectivity index (χ0v) is 10.7. The van der Waals surface area contributed by atoms with Crippen molar-refractivity contribution in [2.75, 3.05) is 0 Å². The van der Waals surface area contributed by atoms with Gasteiger partial charge in [-0.3, -0.25) is 0 Å². The fraction of sp³-hybridized carbons (Fsp3) is 0.0833. The number of H-pyrrole nitrogens is 1. The lowest BCUT2D eigenvalue weighted by atomic mass is 10.3. The van der Waals surface area contributed by atoms with Gasteiger partial charge in [0, 0.05) is 6.07 Å². The zero-order valence-electron chi connectivity index (χ0n) is 9.11. The minimum absolute atomic E-state index is 0.0731. The summed E-state index contributed by atoms with van der Waals surface area (Å²) in [5, 5.41) is 0.0731. The Labute approximate surface area is 112 Å². The molecule has 0 saturated heterocycles. The van der Waals surface area contributed by atoms with E-state index in [9.17, 15) is 4.39 Å². The van der Waals surface area contributed by atoms with Crippen molar-refractivity contribution in [2.24, 2.45) is 0 Å². The van der Waals surface area contributed by atoms with Crippen molar-refractivity contribution in [1.82, 2.24) is 9.55 Å². The molecule has 0 radical (unpaired) electrons. The van der Waals surface area contributed by atoms with Crippen LogP contribution in [-0.4, -0.2) is 9.55 Å². The Morgan fingerprint density at radius 3 is 3.00 bits per heavy atom. The normalized spacial score (nSPS) is 11.2. The Hall–Kier alpha value is -1.59. The summed E-state index contributed by atoms with van der Waals surface area (Å²) in [5.41, 5.74) is 1.37. The monoisotopic (exact) mass is 282 g/mol. The van der Waals surface area contributed by atoms with Crippen molar-refractivity contribution in [2.45, 2.75) is 6.54 Å². The number of furan rings is 1. The number of aromatic amines is 1. The van der Waals surface area contributed by atoms with Gasteiger partial charge in [-0.2, -0.15) is 0 Å². The molecular formula is C12H8ClFN2OS. The Morgan fingerprint density at radius 2 is 2.28 bits per heavy atom. The number of fused-ring (bicyclic) bond motifs is 1. The van der Waals surface area contributed by atoms with Gasteiger partial charge in [0.2, 0.25) is 0 Å². The van der Waals surface area contributed by atoms with Crippen molar-refractivity contribution >= 4 is 34.9 Å². The Bertz CT molecular complexity index is 760. The molecule has 3 aromatic rings. The highest BCUT2D eigenvalue weighted by molar-refractivity contribution is 7.71. The molecule has 0 bridgehead atoms. The first-order valence-electron chi connectivity index (χ1n) is 5.25. The maximum Gasteiger partial charge on any atom is 0.178 e. The largest absolute Gasteiger partial charge is 0.467 e. The molecule has 0 aliphatic rings. The van der Waals surface area contributed by atoms with Gasteiger partial charge in [-0.05, 0) is 30.4 Å². The second-order valence-corrected chi connectivity index (χ2v) is 4.67. The molecule has 0 aliphatic carbocycles. The van der Waals surface area contributed by atoms with Gasteiger partial charge < -0.3 is 14.0 Å². The number of nitrogens with zero attached hydrogens (tertiary/aromatic N) is 1. The van der Waals surface area contributed by atoms with Crippen LogP contribution in [0.2, 0.25) is 5.02 Å². The van der Waals surface area contributed by atoms with Crippen LogP contribution in [0.25, 0.3) is 11.0 Å². The van der Waals surface area contributed by atoms with Crippen LogP contribution in [0.3, 0.4) is 0 Å². The van der Waals surface area contributed by atoms with Crippen molar-refractivity contribution in [3.05, 3.63) is 51.9 Å². The zero-order chi connectivity index (χ0) is 12.7. The lowest BCUT2D eigenvalue weighted by Crippen LogP contribution is -1.98. The Balaban J connectivity index is 2.19. The van der Waals surface area contributed by atoms with E-state index in [-0.39, 0.29) is 5.02 Å². The summed E-state index contributed by atoms with van der Waals surface area (Å²) in [5.74, 6) is 0.286. The quantitative estimate of drug-likeness (QED) is 0.717. The molecule has 1 aromatic carbocycles. The average Bonchev–Trinajstić information content (AvgIpc) is 2.92. The van der Waals surface area contributed by atoms with Crippen molar-refractivity contribution < 1.29 is 8.81 Å². The van der Waals surface area contributed by atoms with E-state index in [0.29, 0.717) is 22.3 Å². The van der Waals surface area contributed by atoms with Crippen molar-refractivity contribution in [3.8, 4) is 0 Å². The molecule has 0 atom stereocenters. The van der Waals surface area contributed by atoms with Crippen LogP contribution in [0.4, 0.5) is 4.39 Å². The highest BCUT2D eigenvalue weighted by Crippen LogP contribution is 2.23. The number of hydrogen-bond donors (Lipinski definition) is 1. The van der Waals surface area contributed by atoms with E-state index >= 15 is 0 Å². The molecular weight excluding hydrogens is 275 g/mol. The Kier molecular flexibility index (Phi) is 2.72. The maximum absolute atomic E-state index is 13.5. The summed E-state index contributed by atoms with van der Waals surface area (Å²) in [4.78, 5) is 2.99. The predicted molar refractivity (Wildman–Crippen MR) is 69.9 cm³/mol. The van der Waals surface area contributed by atoms with E-state index in [1.807, 2.05) is 6.07 Å². The summed E-state index contributed by atoms with van der Waals surface area (Å²) < 4.78 is 21.0. The lowest BCUT2D eigenvalue weighted by molar-refractivity contribution is 0.495. The molecule has 3 rings (SSSR count). The average molecular weight is 283 g/mol. The molecule has 92 valence electrons. The fourth-order valence-electron chi connectivity index (χ4n) is 1.87. The molecule has 0 fully saturated rings. The van der Waals surface area contributed by atoms with Gasteiger partial charge in [-0.25, -0.2) is 4.39 Å². The smallest absolute Gasteiger partial charge is 0.178 e. The van der Waals surface area contributed by atoms with Crippen LogP contribution in [0.1, 0.15) is 5.76 Å². The molecule has 3 nitrogen and oxygen atoms in total. The molecule has 0 aliphatic heterocycles. The van der Waals surface area contributed by atoms with Crippen LogP contribution < -0.4 is 0 Å². The lowest BCUT2D eigenvalue weighted by Gasteiger charge is -2.02. The topological polar surface area (TPSA) is 33.9 Å². The van der Waals surface area contributed by atoms with Crippen LogP contribution in [0, 0.1) is 10.6 Å². The highest BCUT2D eigenvalue weighted by atomic mass is 35.5. The number of rotatable bonds is 2. The summed E-state index contributed by atoms with van der Waals surface area (Å²) in [7, 11) is 0. The van der Waals surface area contributed by atoms with Gasteiger partial charge in [0.25, 0.3) is 0 Å². The third-order valence-corrected chi connectivity index (χ3v) is 3.32.